The van der Waals surface area contributed by atoms with E-state index in [-0.39, 0.29) is 18.0 Å². The molecule has 0 saturated carbocycles. The van der Waals surface area contributed by atoms with Crippen LogP contribution in [0.15, 0.2) is 23.1 Å². The van der Waals surface area contributed by atoms with Crippen LogP contribution in [-0.2, 0) is 20.9 Å². The molecular formula is C12H17N3O4. The molecule has 1 unspecified atom stereocenters. The summed E-state index contributed by atoms with van der Waals surface area (Å²) in [5, 5.41) is 0. The number of esters is 1. The fourth-order valence-corrected chi connectivity index (χ4v) is 1.46. The summed E-state index contributed by atoms with van der Waals surface area (Å²) in [5.74, 6) is -0.997. The van der Waals surface area contributed by atoms with Crippen molar-refractivity contribution in [2.75, 3.05) is 19.8 Å². The van der Waals surface area contributed by atoms with E-state index in [0.29, 0.717) is 5.69 Å². The number of nitrogens with two attached hydrogens (primary N) is 1. The van der Waals surface area contributed by atoms with Gasteiger partial charge in [-0.1, -0.05) is 0 Å². The monoisotopic (exact) mass is 267 g/mol. The van der Waals surface area contributed by atoms with E-state index in [9.17, 15) is 14.4 Å². The molecule has 1 aromatic rings. The van der Waals surface area contributed by atoms with Crippen LogP contribution in [0, 0.1) is 0 Å². The third kappa shape index (κ3) is 4.13. The van der Waals surface area contributed by atoms with Crippen molar-refractivity contribution in [3.05, 3.63) is 28.7 Å². The van der Waals surface area contributed by atoms with Gasteiger partial charge in [0.2, 0.25) is 0 Å². The summed E-state index contributed by atoms with van der Waals surface area (Å²) in [6, 6.07) is 2.71. The highest BCUT2D eigenvalue weighted by Gasteiger charge is 2.19. The fourth-order valence-electron chi connectivity index (χ4n) is 1.46. The number of likely N-dealkylation sites (N-methyl/N-ethyl adjacent to an activating group) is 1. The molecule has 0 aliphatic rings. The summed E-state index contributed by atoms with van der Waals surface area (Å²) in [5.41, 5.74) is 5.52. The minimum atomic E-state index is -0.890. The standard InChI is InChI=1S/C12H17N3O4/c1-8(12(18)14(2)3)19-11(17)7-15-6-9(13)4-5-10(15)16/h4-6,8H,7,13H2,1-3H3. The lowest BCUT2D eigenvalue weighted by atomic mass is 10.3. The number of carbonyl (C=O) groups excluding carboxylic acids is 2. The Morgan fingerprint density at radius 3 is 2.63 bits per heavy atom. The number of nitrogen functional groups attached to an aromatic ring is 1. The SMILES string of the molecule is CC(OC(=O)Cn1cc(N)ccc1=O)C(=O)N(C)C. The van der Waals surface area contributed by atoms with Gasteiger partial charge in [0.05, 0.1) is 0 Å². The van der Waals surface area contributed by atoms with E-state index in [0.717, 1.165) is 4.57 Å². The number of rotatable bonds is 4. The third-order valence-corrected chi connectivity index (χ3v) is 2.40. The van der Waals surface area contributed by atoms with Gasteiger partial charge in [-0.05, 0) is 13.0 Å². The van der Waals surface area contributed by atoms with Crippen molar-refractivity contribution in [2.24, 2.45) is 0 Å². The van der Waals surface area contributed by atoms with Gasteiger partial charge in [0.15, 0.2) is 6.10 Å². The smallest absolute Gasteiger partial charge is 0.326 e. The van der Waals surface area contributed by atoms with Gasteiger partial charge >= 0.3 is 5.97 Å². The lowest BCUT2D eigenvalue weighted by Gasteiger charge is -2.17. The minimum absolute atomic E-state index is 0.283. The molecule has 2 N–H and O–H groups in total. The Labute approximate surface area is 110 Å². The Morgan fingerprint density at radius 1 is 1.42 bits per heavy atom. The van der Waals surface area contributed by atoms with E-state index < -0.39 is 12.1 Å². The van der Waals surface area contributed by atoms with Crippen LogP contribution in [-0.4, -0.2) is 41.5 Å². The first-order valence-electron chi connectivity index (χ1n) is 5.68. The van der Waals surface area contributed by atoms with Gasteiger partial charge in [-0.3, -0.25) is 14.4 Å². The van der Waals surface area contributed by atoms with Gasteiger partial charge in [0.1, 0.15) is 6.54 Å². The van der Waals surface area contributed by atoms with Crippen molar-refractivity contribution >= 4 is 17.6 Å². The van der Waals surface area contributed by atoms with E-state index in [1.165, 1.54) is 30.2 Å². The van der Waals surface area contributed by atoms with Crippen LogP contribution < -0.4 is 11.3 Å². The van der Waals surface area contributed by atoms with Crippen molar-refractivity contribution in [1.29, 1.82) is 0 Å². The number of ether oxygens (including phenoxy) is 1. The zero-order valence-electron chi connectivity index (χ0n) is 11.1. The van der Waals surface area contributed by atoms with Crippen LogP contribution in [0.2, 0.25) is 0 Å². The maximum atomic E-state index is 11.6. The molecule has 0 fully saturated rings. The van der Waals surface area contributed by atoms with Crippen molar-refractivity contribution in [1.82, 2.24) is 9.47 Å². The van der Waals surface area contributed by atoms with Crippen LogP contribution in [0.3, 0.4) is 0 Å². The second-order valence-electron chi connectivity index (χ2n) is 4.29. The van der Waals surface area contributed by atoms with Gasteiger partial charge in [0.25, 0.3) is 11.5 Å². The number of pyridine rings is 1. The molecule has 0 spiro atoms. The summed E-state index contributed by atoms with van der Waals surface area (Å²) in [4.78, 5) is 35.9. The molecule has 0 radical (unpaired) electrons. The lowest BCUT2D eigenvalue weighted by Crippen LogP contribution is -2.36. The highest BCUT2D eigenvalue weighted by Crippen LogP contribution is 2.00. The summed E-state index contributed by atoms with van der Waals surface area (Å²) >= 11 is 0. The largest absolute Gasteiger partial charge is 0.451 e. The average molecular weight is 267 g/mol. The van der Waals surface area contributed by atoms with Gasteiger partial charge < -0.3 is 19.9 Å². The van der Waals surface area contributed by atoms with E-state index in [2.05, 4.69) is 0 Å². The Hall–Kier alpha value is -2.31. The third-order valence-electron chi connectivity index (χ3n) is 2.40. The van der Waals surface area contributed by atoms with Crippen LogP contribution >= 0.6 is 0 Å². The van der Waals surface area contributed by atoms with E-state index >= 15 is 0 Å². The second kappa shape index (κ2) is 6.03. The number of aromatic nitrogens is 1. The van der Waals surface area contributed by atoms with Crippen molar-refractivity contribution in [3.63, 3.8) is 0 Å². The minimum Gasteiger partial charge on any atom is -0.451 e. The quantitative estimate of drug-likeness (QED) is 0.739. The van der Waals surface area contributed by atoms with Crippen molar-refractivity contribution in [2.45, 2.75) is 19.6 Å². The molecule has 1 aromatic heterocycles. The molecule has 0 bridgehead atoms. The molecule has 1 atom stereocenters. The Morgan fingerprint density at radius 2 is 2.05 bits per heavy atom. The Bertz CT molecular complexity index is 536. The predicted octanol–water partition coefficient (Wildman–Crippen LogP) is -0.550. The van der Waals surface area contributed by atoms with E-state index in [4.69, 9.17) is 10.5 Å². The second-order valence-corrected chi connectivity index (χ2v) is 4.29. The predicted molar refractivity (Wildman–Crippen MR) is 69.4 cm³/mol. The molecule has 1 amide bonds. The summed E-state index contributed by atoms with van der Waals surface area (Å²) < 4.78 is 6.07. The van der Waals surface area contributed by atoms with E-state index in [1.807, 2.05) is 0 Å². The van der Waals surface area contributed by atoms with Gasteiger partial charge in [-0.25, -0.2) is 0 Å². The highest BCUT2D eigenvalue weighted by molar-refractivity contribution is 5.83. The number of amides is 1. The maximum absolute atomic E-state index is 11.6. The van der Waals surface area contributed by atoms with Gasteiger partial charge in [-0.2, -0.15) is 0 Å². The number of nitrogens with zero attached hydrogens (tertiary/aromatic N) is 2. The molecule has 1 rings (SSSR count). The molecule has 0 aromatic carbocycles. The van der Waals surface area contributed by atoms with Crippen molar-refractivity contribution < 1.29 is 14.3 Å². The first-order valence-corrected chi connectivity index (χ1v) is 5.68. The van der Waals surface area contributed by atoms with Crippen LogP contribution in [0.5, 0.6) is 0 Å². The van der Waals surface area contributed by atoms with Crippen LogP contribution in [0.1, 0.15) is 6.92 Å². The number of anilines is 1. The van der Waals surface area contributed by atoms with E-state index in [1.54, 1.807) is 14.1 Å². The molecule has 0 aliphatic carbocycles. The summed E-state index contributed by atoms with van der Waals surface area (Å²) in [6.07, 6.45) is 0.460. The molecule has 19 heavy (non-hydrogen) atoms. The zero-order valence-corrected chi connectivity index (χ0v) is 11.1. The normalized spacial score (nSPS) is 11.7. The number of hydrogen-bond donors (Lipinski definition) is 1. The summed E-state index contributed by atoms with van der Waals surface area (Å²) in [7, 11) is 3.13. The first kappa shape index (κ1) is 14.7. The highest BCUT2D eigenvalue weighted by atomic mass is 16.5. The fraction of sp³-hybridized carbons (Fsp3) is 0.417. The van der Waals surface area contributed by atoms with Crippen LogP contribution in [0.25, 0.3) is 0 Å². The number of hydrogen-bond acceptors (Lipinski definition) is 5. The molecule has 7 heteroatoms. The van der Waals surface area contributed by atoms with Crippen LogP contribution in [0.4, 0.5) is 5.69 Å². The van der Waals surface area contributed by atoms with Gasteiger partial charge in [0, 0.05) is 32.0 Å². The topological polar surface area (TPSA) is 94.6 Å². The molecule has 7 nitrogen and oxygen atoms in total. The van der Waals surface area contributed by atoms with Gasteiger partial charge in [-0.15, -0.1) is 0 Å². The van der Waals surface area contributed by atoms with Crippen molar-refractivity contribution in [3.8, 4) is 0 Å². The zero-order chi connectivity index (χ0) is 14.6. The summed E-state index contributed by atoms with van der Waals surface area (Å²) in [6.45, 7) is 1.19. The molecular weight excluding hydrogens is 250 g/mol. The number of carbonyl (C=O) groups is 2. The maximum Gasteiger partial charge on any atom is 0.326 e. The molecule has 1 heterocycles. The molecule has 0 saturated heterocycles. The molecule has 104 valence electrons. The Balaban J connectivity index is 2.68. The first-order chi connectivity index (χ1) is 8.81. The average Bonchev–Trinajstić information content (AvgIpc) is 2.32. The lowest BCUT2D eigenvalue weighted by molar-refractivity contribution is -0.158. The molecule has 0 aliphatic heterocycles. The Kier molecular flexibility index (Phi) is 4.68.